The average Bonchev–Trinajstić information content (AvgIpc) is 2.32. The second-order valence-electron chi connectivity index (χ2n) is 7.33. The predicted molar refractivity (Wildman–Crippen MR) is 70.4 cm³/mol. The summed E-state index contributed by atoms with van der Waals surface area (Å²) < 4.78 is 0. The lowest BCUT2D eigenvalue weighted by atomic mass is 9.52. The Hall–Kier alpha value is -1.06. The van der Waals surface area contributed by atoms with E-state index in [2.05, 4.69) is 0 Å². The van der Waals surface area contributed by atoms with E-state index in [1.165, 1.54) is 19.3 Å². The average molecular weight is 262 g/mol. The first kappa shape index (κ1) is 11.7. The van der Waals surface area contributed by atoms with Gasteiger partial charge in [-0.3, -0.25) is 9.69 Å². The van der Waals surface area contributed by atoms with Crippen molar-refractivity contribution in [3.8, 4) is 0 Å². The molecule has 4 nitrogen and oxygen atoms in total. The molecule has 19 heavy (non-hydrogen) atoms. The van der Waals surface area contributed by atoms with Gasteiger partial charge in [0.05, 0.1) is 5.54 Å². The van der Waals surface area contributed by atoms with Crippen LogP contribution in [0.4, 0.5) is 4.79 Å². The highest BCUT2D eigenvalue weighted by molar-refractivity contribution is 5.97. The molecule has 4 heteroatoms. The Kier molecular flexibility index (Phi) is 2.31. The summed E-state index contributed by atoms with van der Waals surface area (Å²) in [6.45, 7) is 0.584. The fourth-order valence-electron chi connectivity index (χ4n) is 5.55. The molecular weight excluding hydrogens is 240 g/mol. The SMILES string of the molecule is CN1CCC(=O)N(C23CC4CC(CC(C4)C2)C3)C1=O. The Morgan fingerprint density at radius 1 is 1.00 bits per heavy atom. The number of carbonyl (C=O) groups excluding carboxylic acids is 2. The summed E-state index contributed by atoms with van der Waals surface area (Å²) in [5.41, 5.74) is -0.113. The number of rotatable bonds is 1. The van der Waals surface area contributed by atoms with Crippen molar-refractivity contribution in [2.45, 2.75) is 50.5 Å². The quantitative estimate of drug-likeness (QED) is 0.727. The molecule has 4 aliphatic carbocycles. The van der Waals surface area contributed by atoms with E-state index in [0.29, 0.717) is 13.0 Å². The molecule has 0 N–H and O–H groups in total. The molecular formula is C15H22N2O2. The van der Waals surface area contributed by atoms with E-state index < -0.39 is 0 Å². The summed E-state index contributed by atoms with van der Waals surface area (Å²) in [5, 5.41) is 0. The minimum atomic E-state index is -0.113. The van der Waals surface area contributed by atoms with Gasteiger partial charge in [-0.1, -0.05) is 0 Å². The van der Waals surface area contributed by atoms with Gasteiger partial charge in [-0.05, 0) is 56.3 Å². The van der Waals surface area contributed by atoms with Crippen molar-refractivity contribution in [2.75, 3.05) is 13.6 Å². The molecule has 5 rings (SSSR count). The molecule has 3 amide bonds. The van der Waals surface area contributed by atoms with Gasteiger partial charge in [0.1, 0.15) is 0 Å². The monoisotopic (exact) mass is 262 g/mol. The summed E-state index contributed by atoms with van der Waals surface area (Å²) >= 11 is 0. The van der Waals surface area contributed by atoms with Crippen LogP contribution in [0.25, 0.3) is 0 Å². The van der Waals surface area contributed by atoms with Gasteiger partial charge in [0.2, 0.25) is 5.91 Å². The number of hydrogen-bond donors (Lipinski definition) is 0. The summed E-state index contributed by atoms with van der Waals surface area (Å²) in [7, 11) is 1.82. The first-order chi connectivity index (χ1) is 9.07. The van der Waals surface area contributed by atoms with Crippen LogP contribution in [0.1, 0.15) is 44.9 Å². The topological polar surface area (TPSA) is 40.6 Å². The van der Waals surface area contributed by atoms with Crippen LogP contribution in [-0.4, -0.2) is 40.9 Å². The molecule has 0 aromatic rings. The first-order valence-electron chi connectivity index (χ1n) is 7.65. The van der Waals surface area contributed by atoms with Crippen LogP contribution in [0.15, 0.2) is 0 Å². The molecule has 0 aromatic carbocycles. The summed E-state index contributed by atoms with van der Waals surface area (Å²) in [5.74, 6) is 2.36. The Balaban J connectivity index is 1.70. The Morgan fingerprint density at radius 2 is 1.53 bits per heavy atom. The van der Waals surface area contributed by atoms with Crippen molar-refractivity contribution in [1.29, 1.82) is 0 Å². The fraction of sp³-hybridized carbons (Fsp3) is 0.867. The minimum absolute atomic E-state index is 0.0433. The number of nitrogens with zero attached hydrogens (tertiary/aromatic N) is 2. The lowest BCUT2D eigenvalue weighted by Gasteiger charge is -2.60. The zero-order chi connectivity index (χ0) is 13.2. The van der Waals surface area contributed by atoms with Gasteiger partial charge in [0.25, 0.3) is 0 Å². The second-order valence-corrected chi connectivity index (χ2v) is 7.33. The Labute approximate surface area is 114 Å². The number of amides is 3. The minimum Gasteiger partial charge on any atom is -0.327 e. The van der Waals surface area contributed by atoms with Crippen LogP contribution >= 0.6 is 0 Å². The Bertz CT molecular complexity index is 410. The molecule has 0 radical (unpaired) electrons. The molecule has 0 unspecified atom stereocenters. The van der Waals surface area contributed by atoms with E-state index in [0.717, 1.165) is 37.0 Å². The van der Waals surface area contributed by atoms with E-state index in [4.69, 9.17) is 0 Å². The first-order valence-corrected chi connectivity index (χ1v) is 7.65. The van der Waals surface area contributed by atoms with Gasteiger partial charge in [0, 0.05) is 20.0 Å². The maximum absolute atomic E-state index is 12.5. The van der Waals surface area contributed by atoms with Gasteiger partial charge in [-0.15, -0.1) is 0 Å². The molecule has 1 heterocycles. The van der Waals surface area contributed by atoms with E-state index in [9.17, 15) is 9.59 Å². The van der Waals surface area contributed by atoms with Crippen LogP contribution in [0.2, 0.25) is 0 Å². The highest BCUT2D eigenvalue weighted by Crippen LogP contribution is 2.58. The van der Waals surface area contributed by atoms with Crippen molar-refractivity contribution in [1.82, 2.24) is 9.80 Å². The third-order valence-corrected chi connectivity index (χ3v) is 5.91. The van der Waals surface area contributed by atoms with Crippen LogP contribution in [-0.2, 0) is 4.79 Å². The Morgan fingerprint density at radius 3 is 2.05 bits per heavy atom. The summed E-state index contributed by atoms with van der Waals surface area (Å²) in [6.07, 6.45) is 7.74. The van der Waals surface area contributed by atoms with E-state index in [-0.39, 0.29) is 17.5 Å². The third-order valence-electron chi connectivity index (χ3n) is 5.91. The maximum atomic E-state index is 12.5. The van der Waals surface area contributed by atoms with Crippen molar-refractivity contribution >= 4 is 11.9 Å². The van der Waals surface area contributed by atoms with E-state index in [1.807, 2.05) is 7.05 Å². The lowest BCUT2D eigenvalue weighted by Crippen LogP contribution is -2.66. The summed E-state index contributed by atoms with van der Waals surface area (Å²) in [4.78, 5) is 28.2. The summed E-state index contributed by atoms with van der Waals surface area (Å²) in [6, 6.07) is -0.0433. The van der Waals surface area contributed by atoms with Crippen molar-refractivity contribution in [2.24, 2.45) is 17.8 Å². The predicted octanol–water partition coefficient (Wildman–Crippen LogP) is 2.24. The van der Waals surface area contributed by atoms with Crippen LogP contribution in [0, 0.1) is 17.8 Å². The normalized spacial score (nSPS) is 45.2. The highest BCUT2D eigenvalue weighted by Gasteiger charge is 2.57. The molecule has 104 valence electrons. The van der Waals surface area contributed by atoms with Crippen LogP contribution < -0.4 is 0 Å². The molecule has 4 bridgehead atoms. The molecule has 1 aliphatic heterocycles. The fourth-order valence-corrected chi connectivity index (χ4v) is 5.55. The van der Waals surface area contributed by atoms with Gasteiger partial charge < -0.3 is 4.90 Å². The zero-order valence-corrected chi connectivity index (χ0v) is 11.6. The molecule has 5 fully saturated rings. The van der Waals surface area contributed by atoms with E-state index in [1.54, 1.807) is 9.80 Å². The number of hydrogen-bond acceptors (Lipinski definition) is 2. The number of carbonyl (C=O) groups is 2. The van der Waals surface area contributed by atoms with E-state index >= 15 is 0 Å². The zero-order valence-electron chi connectivity index (χ0n) is 11.6. The number of imide groups is 1. The third kappa shape index (κ3) is 1.58. The molecule has 0 atom stereocenters. The van der Waals surface area contributed by atoms with Gasteiger partial charge >= 0.3 is 6.03 Å². The van der Waals surface area contributed by atoms with Crippen molar-refractivity contribution in [3.05, 3.63) is 0 Å². The van der Waals surface area contributed by atoms with Crippen molar-refractivity contribution in [3.63, 3.8) is 0 Å². The van der Waals surface area contributed by atoms with Gasteiger partial charge in [-0.25, -0.2) is 4.79 Å². The molecule has 5 aliphatic rings. The van der Waals surface area contributed by atoms with Gasteiger partial charge in [0.15, 0.2) is 0 Å². The smallest absolute Gasteiger partial charge is 0.326 e. The van der Waals surface area contributed by atoms with Crippen LogP contribution in [0.5, 0.6) is 0 Å². The largest absolute Gasteiger partial charge is 0.327 e. The maximum Gasteiger partial charge on any atom is 0.326 e. The highest BCUT2D eigenvalue weighted by atomic mass is 16.2. The number of urea groups is 1. The molecule has 1 saturated heterocycles. The second kappa shape index (κ2) is 3.74. The molecule has 4 saturated carbocycles. The molecule has 0 aromatic heterocycles. The molecule has 0 spiro atoms. The van der Waals surface area contributed by atoms with Gasteiger partial charge in [-0.2, -0.15) is 0 Å². The van der Waals surface area contributed by atoms with Crippen LogP contribution in [0.3, 0.4) is 0 Å². The standard InChI is InChI=1S/C15H22N2O2/c1-16-3-2-13(18)17(14(16)19)15-7-10-4-11(8-15)6-12(5-10)9-15/h10-12H,2-9H2,1H3. The lowest BCUT2D eigenvalue weighted by molar-refractivity contribution is -0.147. The van der Waals surface area contributed by atoms with Crippen molar-refractivity contribution < 1.29 is 9.59 Å².